The standard InChI is InChI=1S/C25H27N7O2/c1-16-11-21(19-7-9-30(10-8-19)18(3)33)24-28-25(29-32(24)13-16)27-20-5-6-22(23(12-20)34-4)31-14-17(2)26-15-31/h5-7,11-15H,8-10H2,1-4H3,(H,27,29). The predicted molar refractivity (Wildman–Crippen MR) is 131 cm³/mol. The number of nitrogens with one attached hydrogen (secondary N) is 1. The van der Waals surface area contributed by atoms with Crippen molar-refractivity contribution < 1.29 is 9.53 Å². The van der Waals surface area contributed by atoms with Crippen LogP contribution in [0.4, 0.5) is 11.6 Å². The second-order valence-corrected chi connectivity index (χ2v) is 8.51. The number of hydrogen-bond donors (Lipinski definition) is 1. The van der Waals surface area contributed by atoms with E-state index in [-0.39, 0.29) is 5.91 Å². The monoisotopic (exact) mass is 457 g/mol. The Morgan fingerprint density at radius 1 is 1.18 bits per heavy atom. The van der Waals surface area contributed by atoms with E-state index >= 15 is 0 Å². The van der Waals surface area contributed by atoms with Crippen LogP contribution >= 0.6 is 0 Å². The van der Waals surface area contributed by atoms with Crippen molar-refractivity contribution in [3.8, 4) is 11.4 Å². The van der Waals surface area contributed by atoms with E-state index in [4.69, 9.17) is 9.72 Å². The van der Waals surface area contributed by atoms with Gasteiger partial charge in [0.15, 0.2) is 5.65 Å². The van der Waals surface area contributed by atoms with Gasteiger partial charge in [-0.15, -0.1) is 5.10 Å². The second-order valence-electron chi connectivity index (χ2n) is 8.51. The molecule has 0 aliphatic carbocycles. The first kappa shape index (κ1) is 21.7. The lowest BCUT2D eigenvalue weighted by molar-refractivity contribution is -0.128. The first-order chi connectivity index (χ1) is 16.4. The van der Waals surface area contributed by atoms with Crippen molar-refractivity contribution in [2.24, 2.45) is 0 Å². The van der Waals surface area contributed by atoms with Crippen LogP contribution in [-0.4, -0.2) is 55.2 Å². The lowest BCUT2D eigenvalue weighted by Gasteiger charge is -2.25. The van der Waals surface area contributed by atoms with Crippen molar-refractivity contribution in [2.45, 2.75) is 27.2 Å². The van der Waals surface area contributed by atoms with Crippen LogP contribution in [0.1, 0.15) is 30.2 Å². The molecule has 0 unspecified atom stereocenters. The normalized spacial score (nSPS) is 13.8. The summed E-state index contributed by atoms with van der Waals surface area (Å²) in [5.41, 5.74) is 6.77. The zero-order valence-electron chi connectivity index (χ0n) is 19.7. The number of anilines is 2. The van der Waals surface area contributed by atoms with Gasteiger partial charge in [0.2, 0.25) is 11.9 Å². The first-order valence-electron chi connectivity index (χ1n) is 11.2. The Balaban J connectivity index is 1.45. The van der Waals surface area contributed by atoms with Crippen molar-refractivity contribution in [2.75, 3.05) is 25.5 Å². The number of hydrogen-bond acceptors (Lipinski definition) is 6. The molecule has 34 heavy (non-hydrogen) atoms. The van der Waals surface area contributed by atoms with Crippen molar-refractivity contribution >= 4 is 28.8 Å². The average Bonchev–Trinajstić information content (AvgIpc) is 3.44. The first-order valence-corrected chi connectivity index (χ1v) is 11.2. The molecule has 0 fully saturated rings. The van der Waals surface area contributed by atoms with Gasteiger partial charge in [0.25, 0.3) is 0 Å². The maximum absolute atomic E-state index is 11.7. The van der Waals surface area contributed by atoms with Gasteiger partial charge in [-0.1, -0.05) is 6.08 Å². The number of carbonyl (C=O) groups excluding carboxylic acids is 1. The van der Waals surface area contributed by atoms with Crippen molar-refractivity contribution in [3.63, 3.8) is 0 Å². The van der Waals surface area contributed by atoms with Crippen LogP contribution in [0.5, 0.6) is 5.75 Å². The zero-order chi connectivity index (χ0) is 23.8. The van der Waals surface area contributed by atoms with Crippen molar-refractivity contribution in [1.29, 1.82) is 0 Å². The van der Waals surface area contributed by atoms with E-state index in [9.17, 15) is 4.79 Å². The zero-order valence-corrected chi connectivity index (χ0v) is 19.7. The quantitative estimate of drug-likeness (QED) is 0.489. The maximum Gasteiger partial charge on any atom is 0.247 e. The Bertz CT molecular complexity index is 1420. The van der Waals surface area contributed by atoms with Crippen LogP contribution in [0, 0.1) is 13.8 Å². The van der Waals surface area contributed by atoms with Gasteiger partial charge in [0, 0.05) is 49.7 Å². The smallest absolute Gasteiger partial charge is 0.247 e. The van der Waals surface area contributed by atoms with Crippen LogP contribution < -0.4 is 10.1 Å². The summed E-state index contributed by atoms with van der Waals surface area (Å²) in [6.07, 6.45) is 8.59. The van der Waals surface area contributed by atoms with Crippen LogP contribution in [-0.2, 0) is 4.79 Å². The van der Waals surface area contributed by atoms with Gasteiger partial charge in [-0.2, -0.15) is 4.98 Å². The highest BCUT2D eigenvalue weighted by Gasteiger charge is 2.19. The van der Waals surface area contributed by atoms with E-state index in [1.54, 1.807) is 20.4 Å². The molecular formula is C25H27N7O2. The maximum atomic E-state index is 11.7. The molecule has 174 valence electrons. The van der Waals surface area contributed by atoms with E-state index in [2.05, 4.69) is 27.5 Å². The number of aryl methyl sites for hydroxylation is 2. The van der Waals surface area contributed by atoms with Crippen LogP contribution in [0.3, 0.4) is 0 Å². The summed E-state index contributed by atoms with van der Waals surface area (Å²) in [4.78, 5) is 22.6. The molecule has 9 nitrogen and oxygen atoms in total. The minimum absolute atomic E-state index is 0.100. The second kappa shape index (κ2) is 8.66. The van der Waals surface area contributed by atoms with Crippen LogP contribution in [0.15, 0.2) is 49.1 Å². The van der Waals surface area contributed by atoms with Crippen molar-refractivity contribution in [3.05, 3.63) is 65.9 Å². The molecule has 1 amide bonds. The van der Waals surface area contributed by atoms with E-state index in [0.29, 0.717) is 24.8 Å². The fraction of sp³-hybridized carbons (Fsp3) is 0.280. The minimum atomic E-state index is 0.100. The number of fused-ring (bicyclic) bond motifs is 1. The topological polar surface area (TPSA) is 89.6 Å². The van der Waals surface area contributed by atoms with Gasteiger partial charge in [0.05, 0.1) is 24.8 Å². The molecule has 0 saturated carbocycles. The molecule has 0 radical (unpaired) electrons. The van der Waals surface area contributed by atoms with E-state index in [0.717, 1.165) is 40.3 Å². The molecule has 0 saturated heterocycles. The number of carbonyl (C=O) groups is 1. The fourth-order valence-corrected chi connectivity index (χ4v) is 4.26. The Labute approximate surface area is 197 Å². The summed E-state index contributed by atoms with van der Waals surface area (Å²) in [6, 6.07) is 7.99. The SMILES string of the molecule is COc1cc(Nc2nc3c(C4=CCN(C(C)=O)CC4)cc(C)cn3n2)ccc1-n1cnc(C)c1. The Morgan fingerprint density at radius 3 is 2.71 bits per heavy atom. The number of aromatic nitrogens is 5. The lowest BCUT2D eigenvalue weighted by atomic mass is 9.99. The third-order valence-corrected chi connectivity index (χ3v) is 6.00. The molecule has 4 heterocycles. The molecule has 0 bridgehead atoms. The molecule has 1 aliphatic heterocycles. The molecule has 9 heteroatoms. The third kappa shape index (κ3) is 4.12. The lowest BCUT2D eigenvalue weighted by Crippen LogP contribution is -2.32. The summed E-state index contributed by atoms with van der Waals surface area (Å²) in [6.45, 7) is 6.94. The molecule has 1 aliphatic rings. The van der Waals surface area contributed by atoms with E-state index in [1.807, 2.05) is 58.4 Å². The molecule has 1 N–H and O–H groups in total. The van der Waals surface area contributed by atoms with Gasteiger partial charge in [-0.3, -0.25) is 4.79 Å². The highest BCUT2D eigenvalue weighted by molar-refractivity contribution is 5.80. The van der Waals surface area contributed by atoms with Gasteiger partial charge >= 0.3 is 0 Å². The van der Waals surface area contributed by atoms with E-state index < -0.39 is 0 Å². The van der Waals surface area contributed by atoms with Gasteiger partial charge in [-0.25, -0.2) is 9.50 Å². The van der Waals surface area contributed by atoms with Gasteiger partial charge in [0.1, 0.15) is 5.75 Å². The molecule has 0 spiro atoms. The van der Waals surface area contributed by atoms with Gasteiger partial charge in [-0.05, 0) is 49.6 Å². The van der Waals surface area contributed by atoms with Gasteiger partial charge < -0.3 is 19.5 Å². The van der Waals surface area contributed by atoms with Crippen LogP contribution in [0.2, 0.25) is 0 Å². The molecule has 0 atom stereocenters. The van der Waals surface area contributed by atoms with Crippen molar-refractivity contribution in [1.82, 2.24) is 29.0 Å². The molecule has 3 aromatic heterocycles. The molecular weight excluding hydrogens is 430 g/mol. The largest absolute Gasteiger partial charge is 0.494 e. The third-order valence-electron chi connectivity index (χ3n) is 6.00. The average molecular weight is 458 g/mol. The number of amides is 1. The number of imidazole rings is 1. The Morgan fingerprint density at radius 2 is 2.03 bits per heavy atom. The number of ether oxygens (including phenoxy) is 1. The summed E-state index contributed by atoms with van der Waals surface area (Å²) >= 11 is 0. The summed E-state index contributed by atoms with van der Waals surface area (Å²) < 4.78 is 9.36. The summed E-state index contributed by atoms with van der Waals surface area (Å²) in [5, 5.41) is 7.96. The number of methoxy groups -OCH3 is 1. The number of benzene rings is 1. The predicted octanol–water partition coefficient (Wildman–Crippen LogP) is 3.92. The number of pyridine rings is 1. The molecule has 1 aromatic carbocycles. The molecule has 4 aromatic rings. The summed E-state index contributed by atoms with van der Waals surface area (Å²) in [5.74, 6) is 1.32. The van der Waals surface area contributed by atoms with Crippen LogP contribution in [0.25, 0.3) is 16.9 Å². The number of rotatable bonds is 5. The highest BCUT2D eigenvalue weighted by atomic mass is 16.5. The fourth-order valence-electron chi connectivity index (χ4n) is 4.26. The Hall–Kier alpha value is -4.14. The van der Waals surface area contributed by atoms with E-state index in [1.165, 1.54) is 5.57 Å². The Kier molecular flexibility index (Phi) is 5.53. The highest BCUT2D eigenvalue weighted by Crippen LogP contribution is 2.30. The molecule has 5 rings (SSSR count). The minimum Gasteiger partial charge on any atom is -0.494 e. The summed E-state index contributed by atoms with van der Waals surface area (Å²) in [7, 11) is 1.65. The number of nitrogens with zero attached hydrogens (tertiary/aromatic N) is 6.